The molecule has 5 nitrogen and oxygen atoms in total. The van der Waals surface area contributed by atoms with Crippen LogP contribution in [0.25, 0.3) is 0 Å². The maximum Gasteiger partial charge on any atom is 0.251 e. The normalized spacial score (nSPS) is 20.5. The Morgan fingerprint density at radius 2 is 1.93 bits per heavy atom. The largest absolute Gasteiger partial charge is 0.508 e. The highest BCUT2D eigenvalue weighted by Gasteiger charge is 2.35. The van der Waals surface area contributed by atoms with Gasteiger partial charge in [-0.2, -0.15) is 0 Å². The first-order valence-corrected chi connectivity index (χ1v) is 9.27. The van der Waals surface area contributed by atoms with E-state index in [4.69, 9.17) is 0 Å². The van der Waals surface area contributed by atoms with Gasteiger partial charge in [0.05, 0.1) is 17.5 Å². The number of aromatic hydroxyl groups is 1. The third-order valence-electron chi connectivity index (χ3n) is 5.30. The van der Waals surface area contributed by atoms with Crippen molar-refractivity contribution in [3.63, 3.8) is 0 Å². The van der Waals surface area contributed by atoms with Crippen molar-refractivity contribution in [3.05, 3.63) is 83.5 Å². The SMILES string of the molecule is CC(C)(NC(=O)C1=CC2Nc3ccccc3C(=O)C2C=C1)c1cccc(O)c1. The van der Waals surface area contributed by atoms with Crippen LogP contribution in [0.2, 0.25) is 0 Å². The number of hydrogen-bond donors (Lipinski definition) is 3. The Bertz CT molecular complexity index is 1020. The van der Waals surface area contributed by atoms with Crippen LogP contribution in [-0.2, 0) is 10.3 Å². The third-order valence-corrected chi connectivity index (χ3v) is 5.30. The number of anilines is 1. The number of carbonyl (C=O) groups is 2. The Morgan fingerprint density at radius 1 is 1.14 bits per heavy atom. The molecule has 1 aliphatic heterocycles. The summed E-state index contributed by atoms with van der Waals surface area (Å²) in [5.74, 6) is -0.323. The quantitative estimate of drug-likeness (QED) is 0.768. The molecular formula is C23H22N2O3. The standard InChI is InChI=1S/C23H22N2O3/c1-23(2,15-6-5-7-16(26)13-15)25-22(28)14-10-11-18-20(12-14)24-19-9-4-3-8-17(19)21(18)27/h3-13,18,20,24,26H,1-2H3,(H,25,28). The van der Waals surface area contributed by atoms with E-state index >= 15 is 0 Å². The van der Waals surface area contributed by atoms with Crippen LogP contribution in [-0.4, -0.2) is 22.8 Å². The zero-order chi connectivity index (χ0) is 19.9. The highest BCUT2D eigenvalue weighted by molar-refractivity contribution is 6.07. The Labute approximate surface area is 163 Å². The lowest BCUT2D eigenvalue weighted by Crippen LogP contribution is -2.43. The van der Waals surface area contributed by atoms with Crippen molar-refractivity contribution >= 4 is 17.4 Å². The maximum absolute atomic E-state index is 12.9. The second kappa shape index (κ2) is 6.68. The third kappa shape index (κ3) is 3.20. The Balaban J connectivity index is 1.55. The number of phenolic OH excluding ortho intramolecular Hbond substituents is 1. The fourth-order valence-corrected chi connectivity index (χ4v) is 3.72. The highest BCUT2D eigenvalue weighted by atomic mass is 16.3. The van der Waals surface area contributed by atoms with Gasteiger partial charge in [0.25, 0.3) is 5.91 Å². The monoisotopic (exact) mass is 374 g/mol. The summed E-state index contributed by atoms with van der Waals surface area (Å²) >= 11 is 0. The molecule has 2 unspecified atom stereocenters. The Hall–Kier alpha value is -3.34. The molecule has 142 valence electrons. The van der Waals surface area contributed by atoms with Gasteiger partial charge < -0.3 is 15.7 Å². The van der Waals surface area contributed by atoms with Crippen molar-refractivity contribution in [2.45, 2.75) is 25.4 Å². The van der Waals surface area contributed by atoms with Gasteiger partial charge in [0.15, 0.2) is 5.78 Å². The van der Waals surface area contributed by atoms with Crippen LogP contribution in [0.3, 0.4) is 0 Å². The summed E-state index contributed by atoms with van der Waals surface area (Å²) in [6.45, 7) is 3.77. The number of nitrogens with one attached hydrogen (secondary N) is 2. The maximum atomic E-state index is 12.9. The summed E-state index contributed by atoms with van der Waals surface area (Å²) in [6.07, 6.45) is 5.32. The molecule has 2 atom stereocenters. The van der Waals surface area contributed by atoms with Crippen LogP contribution >= 0.6 is 0 Å². The fraction of sp³-hybridized carbons (Fsp3) is 0.217. The summed E-state index contributed by atoms with van der Waals surface area (Å²) in [5, 5.41) is 16.1. The number of ketones is 1. The van der Waals surface area contributed by atoms with Crippen molar-refractivity contribution in [2.75, 3.05) is 5.32 Å². The molecule has 1 heterocycles. The van der Waals surface area contributed by atoms with E-state index in [0.29, 0.717) is 11.1 Å². The highest BCUT2D eigenvalue weighted by Crippen LogP contribution is 2.33. The molecule has 4 rings (SSSR count). The minimum absolute atomic E-state index is 0.0615. The molecule has 0 saturated carbocycles. The van der Waals surface area contributed by atoms with E-state index < -0.39 is 5.54 Å². The van der Waals surface area contributed by atoms with Gasteiger partial charge in [-0.05, 0) is 49.8 Å². The molecular weight excluding hydrogens is 352 g/mol. The van der Waals surface area contributed by atoms with Crippen LogP contribution in [0, 0.1) is 5.92 Å². The second-order valence-electron chi connectivity index (χ2n) is 7.72. The molecule has 2 aromatic rings. The summed E-state index contributed by atoms with van der Waals surface area (Å²) in [5.41, 5.74) is 2.12. The molecule has 1 aliphatic carbocycles. The van der Waals surface area contributed by atoms with E-state index in [1.165, 1.54) is 0 Å². The van der Waals surface area contributed by atoms with Crippen LogP contribution in [0.5, 0.6) is 5.75 Å². The van der Waals surface area contributed by atoms with Gasteiger partial charge in [-0.1, -0.05) is 36.4 Å². The number of carbonyl (C=O) groups excluding carboxylic acids is 2. The van der Waals surface area contributed by atoms with Crippen molar-refractivity contribution in [2.24, 2.45) is 5.92 Å². The van der Waals surface area contributed by atoms with Crippen LogP contribution in [0.15, 0.2) is 72.3 Å². The summed E-state index contributed by atoms with van der Waals surface area (Å²) in [7, 11) is 0. The van der Waals surface area contributed by atoms with Gasteiger partial charge >= 0.3 is 0 Å². The molecule has 2 aromatic carbocycles. The smallest absolute Gasteiger partial charge is 0.251 e. The first-order chi connectivity index (χ1) is 13.3. The predicted octanol–water partition coefficient (Wildman–Crippen LogP) is 3.53. The molecule has 0 radical (unpaired) electrons. The Kier molecular flexibility index (Phi) is 4.30. The second-order valence-corrected chi connectivity index (χ2v) is 7.72. The van der Waals surface area contributed by atoms with E-state index in [-0.39, 0.29) is 29.4 Å². The minimum Gasteiger partial charge on any atom is -0.508 e. The van der Waals surface area contributed by atoms with E-state index in [2.05, 4.69) is 10.6 Å². The zero-order valence-electron chi connectivity index (χ0n) is 15.8. The molecule has 0 aromatic heterocycles. The average molecular weight is 374 g/mol. The predicted molar refractivity (Wildman–Crippen MR) is 108 cm³/mol. The van der Waals surface area contributed by atoms with Gasteiger partial charge in [-0.25, -0.2) is 0 Å². The lowest BCUT2D eigenvalue weighted by atomic mass is 9.81. The fourth-order valence-electron chi connectivity index (χ4n) is 3.72. The number of Topliss-reactive ketones (excluding diaryl/α,β-unsaturated/α-hetero) is 1. The van der Waals surface area contributed by atoms with Crippen molar-refractivity contribution < 1.29 is 14.7 Å². The van der Waals surface area contributed by atoms with Crippen LogP contribution in [0.4, 0.5) is 5.69 Å². The zero-order valence-corrected chi connectivity index (χ0v) is 15.8. The number of hydrogen-bond acceptors (Lipinski definition) is 4. The molecule has 0 saturated heterocycles. The number of amides is 1. The number of benzene rings is 2. The molecule has 0 spiro atoms. The van der Waals surface area contributed by atoms with E-state index in [1.807, 2.05) is 50.3 Å². The molecule has 0 bridgehead atoms. The van der Waals surface area contributed by atoms with E-state index in [1.54, 1.807) is 30.4 Å². The summed E-state index contributed by atoms with van der Waals surface area (Å²) in [6, 6.07) is 14.0. The van der Waals surface area contributed by atoms with Gasteiger partial charge in [0.1, 0.15) is 5.75 Å². The van der Waals surface area contributed by atoms with Gasteiger partial charge in [-0.15, -0.1) is 0 Å². The van der Waals surface area contributed by atoms with Crippen molar-refractivity contribution in [3.8, 4) is 5.75 Å². The Morgan fingerprint density at radius 3 is 2.71 bits per heavy atom. The average Bonchev–Trinajstić information content (AvgIpc) is 2.67. The number of para-hydroxylation sites is 1. The molecule has 5 heteroatoms. The van der Waals surface area contributed by atoms with Gasteiger partial charge in [0, 0.05) is 16.8 Å². The lowest BCUT2D eigenvalue weighted by molar-refractivity contribution is -0.118. The van der Waals surface area contributed by atoms with Crippen LogP contribution < -0.4 is 10.6 Å². The van der Waals surface area contributed by atoms with E-state index in [0.717, 1.165) is 11.3 Å². The van der Waals surface area contributed by atoms with Crippen LogP contribution in [0.1, 0.15) is 29.8 Å². The van der Waals surface area contributed by atoms with Crippen molar-refractivity contribution in [1.82, 2.24) is 5.32 Å². The molecule has 1 amide bonds. The number of rotatable bonds is 3. The van der Waals surface area contributed by atoms with Crippen molar-refractivity contribution in [1.29, 1.82) is 0 Å². The van der Waals surface area contributed by atoms with E-state index in [9.17, 15) is 14.7 Å². The summed E-state index contributed by atoms with van der Waals surface area (Å²) < 4.78 is 0. The molecule has 0 fully saturated rings. The lowest BCUT2D eigenvalue weighted by Gasteiger charge is -2.33. The number of fused-ring (bicyclic) bond motifs is 2. The minimum atomic E-state index is -0.663. The first-order valence-electron chi connectivity index (χ1n) is 9.27. The van der Waals surface area contributed by atoms with Gasteiger partial charge in [-0.3, -0.25) is 9.59 Å². The molecule has 2 aliphatic rings. The molecule has 28 heavy (non-hydrogen) atoms. The topological polar surface area (TPSA) is 78.4 Å². The summed E-state index contributed by atoms with van der Waals surface area (Å²) in [4.78, 5) is 25.6. The first kappa shape index (κ1) is 18.0. The molecule has 3 N–H and O–H groups in total. The van der Waals surface area contributed by atoms with Gasteiger partial charge in [0.2, 0.25) is 0 Å². The number of phenols is 1.